The highest BCUT2D eigenvalue weighted by molar-refractivity contribution is 9.10. The van der Waals surface area contributed by atoms with Crippen LogP contribution < -0.4 is 0 Å². The predicted octanol–water partition coefficient (Wildman–Crippen LogP) is 4.03. The first-order chi connectivity index (χ1) is 11.4. The molecule has 1 aliphatic carbocycles. The van der Waals surface area contributed by atoms with Crippen LogP contribution in [-0.2, 0) is 16.4 Å². The van der Waals surface area contributed by atoms with Gasteiger partial charge in [-0.2, -0.15) is 0 Å². The molecule has 6 heteroatoms. The number of sulfone groups is 1. The summed E-state index contributed by atoms with van der Waals surface area (Å²) in [7, 11) is -3.30. The van der Waals surface area contributed by atoms with Gasteiger partial charge in [0.1, 0.15) is 5.82 Å². The highest BCUT2D eigenvalue weighted by atomic mass is 79.9. The van der Waals surface area contributed by atoms with Gasteiger partial charge in [-0.25, -0.2) is 12.8 Å². The molecule has 0 aliphatic heterocycles. The summed E-state index contributed by atoms with van der Waals surface area (Å²) in [4.78, 5) is 2.53. The molecule has 0 spiro atoms. The van der Waals surface area contributed by atoms with Gasteiger partial charge in [0.05, 0.1) is 10.6 Å². The summed E-state index contributed by atoms with van der Waals surface area (Å²) in [5.74, 6) is -0.165. The minimum absolute atomic E-state index is 0.0896. The van der Waals surface area contributed by atoms with Crippen molar-refractivity contribution < 1.29 is 12.8 Å². The quantitative estimate of drug-likeness (QED) is 0.689. The van der Waals surface area contributed by atoms with Gasteiger partial charge in [0.25, 0.3) is 0 Å². The van der Waals surface area contributed by atoms with Crippen LogP contribution in [0.2, 0.25) is 0 Å². The second-order valence-electron chi connectivity index (χ2n) is 6.10. The van der Waals surface area contributed by atoms with Crippen molar-refractivity contribution in [3.05, 3.63) is 64.4 Å². The summed E-state index contributed by atoms with van der Waals surface area (Å²) in [5, 5.41) is 0. The molecule has 0 bridgehead atoms. The summed E-state index contributed by atoms with van der Waals surface area (Å²) in [6.07, 6.45) is 2.19. The van der Waals surface area contributed by atoms with Gasteiger partial charge in [-0.3, -0.25) is 4.90 Å². The number of benzene rings is 2. The monoisotopic (exact) mass is 411 g/mol. The third-order valence-electron chi connectivity index (χ3n) is 4.18. The maximum absolute atomic E-state index is 13.0. The summed E-state index contributed by atoms with van der Waals surface area (Å²) in [5.41, 5.74) is 1.00. The van der Waals surface area contributed by atoms with Gasteiger partial charge >= 0.3 is 0 Å². The Bertz CT molecular complexity index is 787. The van der Waals surface area contributed by atoms with Crippen molar-refractivity contribution in [2.45, 2.75) is 30.3 Å². The highest BCUT2D eigenvalue weighted by Gasteiger charge is 2.30. The van der Waals surface area contributed by atoms with Gasteiger partial charge < -0.3 is 0 Å². The van der Waals surface area contributed by atoms with Crippen molar-refractivity contribution in [3.8, 4) is 0 Å². The molecule has 0 heterocycles. The zero-order valence-corrected chi connectivity index (χ0v) is 15.6. The van der Waals surface area contributed by atoms with Gasteiger partial charge in [0, 0.05) is 23.6 Å². The summed E-state index contributed by atoms with van der Waals surface area (Å²) >= 11 is 3.31. The van der Waals surface area contributed by atoms with E-state index >= 15 is 0 Å². The first-order valence-corrected chi connectivity index (χ1v) is 10.4. The van der Waals surface area contributed by atoms with Crippen LogP contribution in [0.5, 0.6) is 0 Å². The molecule has 1 saturated carbocycles. The van der Waals surface area contributed by atoms with Crippen LogP contribution in [0, 0.1) is 5.82 Å². The first-order valence-electron chi connectivity index (χ1n) is 7.91. The van der Waals surface area contributed by atoms with E-state index in [1.165, 1.54) is 12.1 Å². The second kappa shape index (κ2) is 7.33. The van der Waals surface area contributed by atoms with Crippen molar-refractivity contribution >= 4 is 25.8 Å². The molecule has 128 valence electrons. The van der Waals surface area contributed by atoms with Gasteiger partial charge in [0.15, 0.2) is 9.84 Å². The minimum atomic E-state index is -3.30. The molecule has 24 heavy (non-hydrogen) atoms. The zero-order chi connectivity index (χ0) is 17.2. The van der Waals surface area contributed by atoms with Crippen molar-refractivity contribution in [2.75, 3.05) is 12.3 Å². The largest absolute Gasteiger partial charge is 0.295 e. The average molecular weight is 412 g/mol. The number of halogens is 2. The maximum Gasteiger partial charge on any atom is 0.179 e. The predicted molar refractivity (Wildman–Crippen MR) is 96.0 cm³/mol. The van der Waals surface area contributed by atoms with E-state index < -0.39 is 9.84 Å². The van der Waals surface area contributed by atoms with Crippen molar-refractivity contribution in [2.24, 2.45) is 0 Å². The average Bonchev–Trinajstić information content (AvgIpc) is 3.38. The third kappa shape index (κ3) is 4.65. The van der Waals surface area contributed by atoms with Gasteiger partial charge in [-0.1, -0.05) is 28.1 Å². The van der Waals surface area contributed by atoms with Gasteiger partial charge in [0.2, 0.25) is 0 Å². The van der Waals surface area contributed by atoms with Crippen LogP contribution in [0.1, 0.15) is 18.4 Å². The van der Waals surface area contributed by atoms with Gasteiger partial charge in [-0.15, -0.1) is 0 Å². The van der Waals surface area contributed by atoms with E-state index in [1.807, 2.05) is 0 Å². The standard InChI is InChI=1S/C18H19BrFNO2S/c19-15-3-9-18(10-4-15)24(22,23)12-11-21(17-7-8-17)13-14-1-5-16(20)6-2-14/h1-6,9-10,17H,7-8,11-13H2. The van der Waals surface area contributed by atoms with Crippen molar-refractivity contribution in [3.63, 3.8) is 0 Å². The number of rotatable bonds is 7. The molecular formula is C18H19BrFNO2S. The SMILES string of the molecule is O=S(=O)(CCN(Cc1ccc(F)cc1)C1CC1)c1ccc(Br)cc1. The molecule has 2 aromatic rings. The fourth-order valence-electron chi connectivity index (χ4n) is 2.65. The van der Waals surface area contributed by atoms with E-state index in [0.717, 1.165) is 22.9 Å². The molecular weight excluding hydrogens is 393 g/mol. The van der Waals surface area contributed by atoms with Crippen molar-refractivity contribution in [1.29, 1.82) is 0 Å². The Kier molecular flexibility index (Phi) is 5.37. The number of hydrogen-bond acceptors (Lipinski definition) is 3. The van der Waals surface area contributed by atoms with E-state index in [-0.39, 0.29) is 11.6 Å². The molecule has 0 radical (unpaired) electrons. The summed E-state index contributed by atoms with van der Waals surface area (Å²) in [6.45, 7) is 1.14. The second-order valence-corrected chi connectivity index (χ2v) is 9.13. The fraction of sp³-hybridized carbons (Fsp3) is 0.333. The van der Waals surface area contributed by atoms with Crippen LogP contribution in [0.15, 0.2) is 57.9 Å². The summed E-state index contributed by atoms with van der Waals surface area (Å²) in [6, 6.07) is 13.6. The van der Waals surface area contributed by atoms with Crippen LogP contribution in [0.25, 0.3) is 0 Å². The lowest BCUT2D eigenvalue weighted by atomic mass is 10.2. The summed E-state index contributed by atoms with van der Waals surface area (Å²) < 4.78 is 38.9. The minimum Gasteiger partial charge on any atom is -0.295 e. The normalized spacial score (nSPS) is 15.0. The Morgan fingerprint density at radius 1 is 1.04 bits per heavy atom. The Labute approximate surface area is 150 Å². The maximum atomic E-state index is 13.0. The molecule has 0 saturated heterocycles. The molecule has 3 rings (SSSR count). The van der Waals surface area contributed by atoms with Crippen LogP contribution in [0.4, 0.5) is 4.39 Å². The van der Waals surface area contributed by atoms with Crippen LogP contribution in [-0.4, -0.2) is 31.7 Å². The molecule has 0 N–H and O–H groups in total. The van der Waals surface area contributed by atoms with Crippen LogP contribution >= 0.6 is 15.9 Å². The Balaban J connectivity index is 1.65. The Morgan fingerprint density at radius 2 is 1.67 bits per heavy atom. The Morgan fingerprint density at radius 3 is 2.25 bits per heavy atom. The third-order valence-corrected chi connectivity index (χ3v) is 6.42. The molecule has 3 nitrogen and oxygen atoms in total. The molecule has 0 unspecified atom stereocenters. The zero-order valence-electron chi connectivity index (χ0n) is 13.2. The highest BCUT2D eigenvalue weighted by Crippen LogP contribution is 2.28. The molecule has 0 aromatic heterocycles. The fourth-order valence-corrected chi connectivity index (χ4v) is 4.18. The van der Waals surface area contributed by atoms with Crippen LogP contribution in [0.3, 0.4) is 0 Å². The van der Waals surface area contributed by atoms with E-state index in [4.69, 9.17) is 0 Å². The van der Waals surface area contributed by atoms with E-state index in [1.54, 1.807) is 36.4 Å². The Hall–Kier alpha value is -1.24. The van der Waals surface area contributed by atoms with E-state index in [2.05, 4.69) is 20.8 Å². The first kappa shape index (κ1) is 17.6. The topological polar surface area (TPSA) is 37.4 Å². The lowest BCUT2D eigenvalue weighted by Crippen LogP contribution is -2.31. The van der Waals surface area contributed by atoms with Crippen molar-refractivity contribution in [1.82, 2.24) is 4.90 Å². The lowest BCUT2D eigenvalue weighted by Gasteiger charge is -2.22. The molecule has 1 fully saturated rings. The van der Waals surface area contributed by atoms with E-state index in [0.29, 0.717) is 24.0 Å². The number of nitrogens with zero attached hydrogens (tertiary/aromatic N) is 1. The molecule has 2 aromatic carbocycles. The molecule has 1 aliphatic rings. The smallest absolute Gasteiger partial charge is 0.179 e. The molecule has 0 atom stereocenters. The molecule has 0 amide bonds. The van der Waals surface area contributed by atoms with Gasteiger partial charge in [-0.05, 0) is 54.8 Å². The lowest BCUT2D eigenvalue weighted by molar-refractivity contribution is 0.270. The van der Waals surface area contributed by atoms with E-state index in [9.17, 15) is 12.8 Å². The number of hydrogen-bond donors (Lipinski definition) is 0.